The predicted molar refractivity (Wildman–Crippen MR) is 45.5 cm³/mol. The maximum absolute atomic E-state index is 11.0. The average molecular weight is 165 g/mol. The second-order valence-electron chi connectivity index (χ2n) is 2.43. The van der Waals surface area contributed by atoms with Crippen LogP contribution in [0.15, 0.2) is 30.3 Å². The van der Waals surface area contributed by atoms with Gasteiger partial charge in [0.2, 0.25) is 0 Å². The number of benzene rings is 1. The molecule has 0 spiro atoms. The van der Waals surface area contributed by atoms with Gasteiger partial charge in [-0.05, 0) is 5.56 Å². The summed E-state index contributed by atoms with van der Waals surface area (Å²) in [6, 6.07) is 8.81. The Morgan fingerprint density at radius 1 is 1.42 bits per heavy atom. The Morgan fingerprint density at radius 2 is 2.00 bits per heavy atom. The summed E-state index contributed by atoms with van der Waals surface area (Å²) in [6.07, 6.45) is -1.06. The van der Waals surface area contributed by atoms with Crippen molar-refractivity contribution in [2.75, 3.05) is 7.05 Å². The fraction of sp³-hybridized carbons (Fsp3) is 0.222. The van der Waals surface area contributed by atoms with Crippen LogP contribution in [-0.4, -0.2) is 18.1 Å². The lowest BCUT2D eigenvalue weighted by Crippen LogP contribution is -2.25. The molecule has 64 valence electrons. The molecule has 3 heteroatoms. The van der Waals surface area contributed by atoms with Crippen molar-refractivity contribution in [2.24, 2.45) is 0 Å². The van der Waals surface area contributed by atoms with Gasteiger partial charge in [0.15, 0.2) is 6.10 Å². The molecule has 1 unspecified atom stereocenters. The average Bonchev–Trinajstić information content (AvgIpc) is 2.17. The minimum absolute atomic E-state index is 0.388. The molecule has 2 N–H and O–H groups in total. The van der Waals surface area contributed by atoms with Crippen LogP contribution < -0.4 is 5.32 Å². The number of hydrogen-bond acceptors (Lipinski definition) is 2. The summed E-state index contributed by atoms with van der Waals surface area (Å²) >= 11 is 0. The Morgan fingerprint density at radius 3 is 2.50 bits per heavy atom. The third kappa shape index (κ3) is 1.83. The van der Waals surface area contributed by atoms with Crippen molar-refractivity contribution < 1.29 is 9.90 Å². The summed E-state index contributed by atoms with van der Waals surface area (Å²) in [5, 5.41) is 11.8. The van der Waals surface area contributed by atoms with Crippen molar-refractivity contribution in [1.82, 2.24) is 5.32 Å². The lowest BCUT2D eigenvalue weighted by atomic mass is 10.1. The van der Waals surface area contributed by atoms with E-state index in [-0.39, 0.29) is 5.91 Å². The molecule has 1 amide bonds. The molecule has 1 atom stereocenters. The number of aliphatic hydroxyl groups is 1. The molecule has 1 rings (SSSR count). The zero-order valence-electron chi connectivity index (χ0n) is 6.82. The highest BCUT2D eigenvalue weighted by molar-refractivity contribution is 5.81. The van der Waals surface area contributed by atoms with Crippen LogP contribution in [0.4, 0.5) is 0 Å². The Balaban J connectivity index is 2.78. The first kappa shape index (κ1) is 8.74. The molecule has 1 aromatic carbocycles. The van der Waals surface area contributed by atoms with E-state index in [9.17, 15) is 9.90 Å². The van der Waals surface area contributed by atoms with Crippen LogP contribution in [0.25, 0.3) is 0 Å². The smallest absolute Gasteiger partial charge is 0.253 e. The van der Waals surface area contributed by atoms with Gasteiger partial charge in [0.1, 0.15) is 0 Å². The van der Waals surface area contributed by atoms with Gasteiger partial charge in [0.05, 0.1) is 0 Å². The second kappa shape index (κ2) is 3.88. The number of carbonyl (C=O) groups excluding carboxylic acids is 1. The van der Waals surface area contributed by atoms with Crippen molar-refractivity contribution in [1.29, 1.82) is 0 Å². The predicted octanol–water partition coefficient (Wildman–Crippen LogP) is 0.466. The minimum atomic E-state index is -1.06. The molecule has 12 heavy (non-hydrogen) atoms. The molecule has 0 saturated carbocycles. The van der Waals surface area contributed by atoms with Crippen molar-refractivity contribution >= 4 is 5.91 Å². The van der Waals surface area contributed by atoms with Crippen molar-refractivity contribution in [2.45, 2.75) is 6.10 Å². The van der Waals surface area contributed by atoms with E-state index in [2.05, 4.69) is 5.32 Å². The first-order chi connectivity index (χ1) is 5.75. The molecule has 0 radical (unpaired) electrons. The highest BCUT2D eigenvalue weighted by Gasteiger charge is 2.14. The van der Waals surface area contributed by atoms with E-state index >= 15 is 0 Å². The Labute approximate surface area is 71.0 Å². The Kier molecular flexibility index (Phi) is 2.82. The SMILES string of the molecule is CNC(=O)C(O)c1ccccc1. The van der Waals surface area contributed by atoms with Crippen LogP contribution in [-0.2, 0) is 4.79 Å². The van der Waals surface area contributed by atoms with Gasteiger partial charge < -0.3 is 10.4 Å². The van der Waals surface area contributed by atoms with E-state index in [1.54, 1.807) is 24.3 Å². The fourth-order valence-electron chi connectivity index (χ4n) is 0.923. The monoisotopic (exact) mass is 165 g/mol. The summed E-state index contributed by atoms with van der Waals surface area (Å²) in [5.41, 5.74) is 0.608. The number of aliphatic hydroxyl groups excluding tert-OH is 1. The van der Waals surface area contributed by atoms with E-state index in [4.69, 9.17) is 0 Å². The maximum Gasteiger partial charge on any atom is 0.253 e. The molecule has 0 aliphatic rings. The van der Waals surface area contributed by atoms with Gasteiger partial charge in [-0.15, -0.1) is 0 Å². The second-order valence-corrected chi connectivity index (χ2v) is 2.43. The minimum Gasteiger partial charge on any atom is -0.378 e. The number of carbonyl (C=O) groups is 1. The molecule has 1 aromatic rings. The highest BCUT2D eigenvalue weighted by atomic mass is 16.3. The third-order valence-corrected chi connectivity index (χ3v) is 1.61. The molecule has 0 aliphatic heterocycles. The van der Waals surface area contributed by atoms with E-state index in [1.165, 1.54) is 7.05 Å². The summed E-state index contributed by atoms with van der Waals surface area (Å²) in [6.45, 7) is 0. The molecule has 0 saturated heterocycles. The molecule has 0 aliphatic carbocycles. The Hall–Kier alpha value is -1.35. The zero-order valence-corrected chi connectivity index (χ0v) is 6.82. The number of nitrogens with one attached hydrogen (secondary N) is 1. The van der Waals surface area contributed by atoms with Crippen LogP contribution in [0, 0.1) is 0 Å². The Bertz CT molecular complexity index is 258. The molecule has 3 nitrogen and oxygen atoms in total. The van der Waals surface area contributed by atoms with Crippen LogP contribution in [0.5, 0.6) is 0 Å². The molecular formula is C9H11NO2. The van der Waals surface area contributed by atoms with Crippen molar-refractivity contribution in [3.05, 3.63) is 35.9 Å². The first-order valence-corrected chi connectivity index (χ1v) is 3.70. The normalized spacial score (nSPS) is 12.2. The number of likely N-dealkylation sites (N-methyl/N-ethyl adjacent to an activating group) is 1. The van der Waals surface area contributed by atoms with Gasteiger partial charge in [-0.1, -0.05) is 30.3 Å². The van der Waals surface area contributed by atoms with Gasteiger partial charge >= 0.3 is 0 Å². The van der Waals surface area contributed by atoms with Gasteiger partial charge in [-0.25, -0.2) is 0 Å². The maximum atomic E-state index is 11.0. The summed E-state index contributed by atoms with van der Waals surface area (Å²) in [4.78, 5) is 11.0. The van der Waals surface area contributed by atoms with Crippen LogP contribution in [0.2, 0.25) is 0 Å². The number of amides is 1. The molecule has 0 fully saturated rings. The van der Waals surface area contributed by atoms with E-state index in [0.29, 0.717) is 5.56 Å². The summed E-state index contributed by atoms with van der Waals surface area (Å²) < 4.78 is 0. The molecule has 0 aromatic heterocycles. The van der Waals surface area contributed by atoms with Crippen molar-refractivity contribution in [3.8, 4) is 0 Å². The fourth-order valence-corrected chi connectivity index (χ4v) is 0.923. The quantitative estimate of drug-likeness (QED) is 0.669. The van der Waals surface area contributed by atoms with Gasteiger partial charge in [-0.2, -0.15) is 0 Å². The topological polar surface area (TPSA) is 49.3 Å². The van der Waals surface area contributed by atoms with E-state index in [0.717, 1.165) is 0 Å². The third-order valence-electron chi connectivity index (χ3n) is 1.61. The standard InChI is InChI=1S/C9H11NO2/c1-10-9(12)8(11)7-5-3-2-4-6-7/h2-6,8,11H,1H3,(H,10,12). The summed E-state index contributed by atoms with van der Waals surface area (Å²) in [5.74, 6) is -0.388. The largest absolute Gasteiger partial charge is 0.378 e. The lowest BCUT2D eigenvalue weighted by molar-refractivity contribution is -0.129. The van der Waals surface area contributed by atoms with Gasteiger partial charge in [-0.3, -0.25) is 4.79 Å². The molecular weight excluding hydrogens is 154 g/mol. The first-order valence-electron chi connectivity index (χ1n) is 3.70. The number of hydrogen-bond donors (Lipinski definition) is 2. The highest BCUT2D eigenvalue weighted by Crippen LogP contribution is 2.10. The van der Waals surface area contributed by atoms with Gasteiger partial charge in [0, 0.05) is 7.05 Å². The number of rotatable bonds is 2. The summed E-state index contributed by atoms with van der Waals surface area (Å²) in [7, 11) is 1.49. The zero-order chi connectivity index (χ0) is 8.97. The lowest BCUT2D eigenvalue weighted by Gasteiger charge is -2.07. The molecule has 0 bridgehead atoms. The van der Waals surface area contributed by atoms with Crippen LogP contribution >= 0.6 is 0 Å². The van der Waals surface area contributed by atoms with Crippen LogP contribution in [0.3, 0.4) is 0 Å². The van der Waals surface area contributed by atoms with Crippen molar-refractivity contribution in [3.63, 3.8) is 0 Å². The van der Waals surface area contributed by atoms with E-state index in [1.807, 2.05) is 6.07 Å². The molecule has 0 heterocycles. The van der Waals surface area contributed by atoms with E-state index < -0.39 is 6.10 Å². The van der Waals surface area contributed by atoms with Gasteiger partial charge in [0.25, 0.3) is 5.91 Å². The van der Waals surface area contributed by atoms with Crippen LogP contribution in [0.1, 0.15) is 11.7 Å².